The maximum Gasteiger partial charge on any atom is 0.244 e. The minimum absolute atomic E-state index is 0.184. The summed E-state index contributed by atoms with van der Waals surface area (Å²) in [6.07, 6.45) is 0. The predicted molar refractivity (Wildman–Crippen MR) is 99.2 cm³/mol. The van der Waals surface area contributed by atoms with E-state index in [1.165, 1.54) is 33.2 Å². The molecule has 0 bridgehead atoms. The van der Waals surface area contributed by atoms with Gasteiger partial charge in [0.1, 0.15) is 23.8 Å². The molecule has 0 unspecified atom stereocenters. The molecule has 0 fully saturated rings. The summed E-state index contributed by atoms with van der Waals surface area (Å²) < 4.78 is 15.7. The maximum absolute atomic E-state index is 12.5. The minimum Gasteiger partial charge on any atom is -0.497 e. The van der Waals surface area contributed by atoms with E-state index in [4.69, 9.17) is 14.2 Å². The van der Waals surface area contributed by atoms with Crippen molar-refractivity contribution in [2.45, 2.75) is 6.92 Å². The normalized spacial score (nSPS) is 10.0. The van der Waals surface area contributed by atoms with Crippen LogP contribution in [0.4, 0.5) is 11.4 Å². The van der Waals surface area contributed by atoms with Crippen molar-refractivity contribution in [3.05, 3.63) is 42.5 Å². The van der Waals surface area contributed by atoms with Gasteiger partial charge in [-0.1, -0.05) is 12.1 Å². The lowest BCUT2D eigenvalue weighted by atomic mass is 10.2. The van der Waals surface area contributed by atoms with Crippen molar-refractivity contribution in [1.29, 1.82) is 0 Å². The van der Waals surface area contributed by atoms with E-state index in [-0.39, 0.29) is 18.4 Å². The van der Waals surface area contributed by atoms with Gasteiger partial charge >= 0.3 is 0 Å². The molecule has 2 aromatic rings. The van der Waals surface area contributed by atoms with Crippen molar-refractivity contribution in [2.75, 3.05) is 38.1 Å². The van der Waals surface area contributed by atoms with Gasteiger partial charge in [0.15, 0.2) is 0 Å². The molecule has 0 radical (unpaired) electrons. The van der Waals surface area contributed by atoms with Gasteiger partial charge in [0.25, 0.3) is 0 Å². The van der Waals surface area contributed by atoms with E-state index in [9.17, 15) is 9.59 Å². The van der Waals surface area contributed by atoms with Crippen LogP contribution in [-0.2, 0) is 9.59 Å². The number of hydrogen-bond donors (Lipinski definition) is 1. The molecular formula is C19H22N2O5. The highest BCUT2D eigenvalue weighted by atomic mass is 16.5. The van der Waals surface area contributed by atoms with Crippen molar-refractivity contribution in [3.8, 4) is 17.2 Å². The van der Waals surface area contributed by atoms with Crippen LogP contribution in [0.1, 0.15) is 6.92 Å². The predicted octanol–water partition coefficient (Wildman–Crippen LogP) is 2.70. The number of methoxy groups -OCH3 is 3. The van der Waals surface area contributed by atoms with E-state index < -0.39 is 0 Å². The Morgan fingerprint density at radius 2 is 1.65 bits per heavy atom. The average molecular weight is 358 g/mol. The second kappa shape index (κ2) is 8.75. The molecule has 138 valence electrons. The van der Waals surface area contributed by atoms with Crippen LogP contribution in [0, 0.1) is 0 Å². The Kier molecular flexibility index (Phi) is 6.43. The number of carbonyl (C=O) groups excluding carboxylic acids is 2. The van der Waals surface area contributed by atoms with Crippen LogP contribution in [0.3, 0.4) is 0 Å². The number of nitrogens with zero attached hydrogens (tertiary/aromatic N) is 1. The molecular weight excluding hydrogens is 336 g/mol. The maximum atomic E-state index is 12.5. The van der Waals surface area contributed by atoms with Crippen molar-refractivity contribution < 1.29 is 23.8 Å². The van der Waals surface area contributed by atoms with Crippen LogP contribution in [-0.4, -0.2) is 39.7 Å². The number of amides is 2. The zero-order chi connectivity index (χ0) is 19.1. The van der Waals surface area contributed by atoms with Crippen molar-refractivity contribution in [1.82, 2.24) is 0 Å². The number of ether oxygens (including phenoxy) is 3. The molecule has 0 aliphatic rings. The second-order valence-electron chi connectivity index (χ2n) is 5.39. The van der Waals surface area contributed by atoms with E-state index in [1.54, 1.807) is 42.5 Å². The average Bonchev–Trinajstić information content (AvgIpc) is 2.65. The fraction of sp³-hybridized carbons (Fsp3) is 0.263. The van der Waals surface area contributed by atoms with Crippen LogP contribution < -0.4 is 24.4 Å². The third-order valence-electron chi connectivity index (χ3n) is 3.74. The van der Waals surface area contributed by atoms with Crippen molar-refractivity contribution >= 4 is 23.2 Å². The largest absolute Gasteiger partial charge is 0.497 e. The summed E-state index contributed by atoms with van der Waals surface area (Å²) in [5, 5.41) is 2.75. The smallest absolute Gasteiger partial charge is 0.244 e. The Bertz CT molecular complexity index is 791. The second-order valence-corrected chi connectivity index (χ2v) is 5.39. The van der Waals surface area contributed by atoms with Crippen LogP contribution in [0.15, 0.2) is 42.5 Å². The zero-order valence-corrected chi connectivity index (χ0v) is 15.2. The van der Waals surface area contributed by atoms with Crippen LogP contribution in [0.25, 0.3) is 0 Å². The van der Waals surface area contributed by atoms with Gasteiger partial charge in [0.2, 0.25) is 11.8 Å². The topological polar surface area (TPSA) is 77.1 Å². The van der Waals surface area contributed by atoms with Gasteiger partial charge in [-0.15, -0.1) is 0 Å². The SMILES string of the molecule is COc1ccc(OC)c(N(CC(=O)Nc2ccccc2OC)C(C)=O)c1. The Labute approximate surface area is 152 Å². The fourth-order valence-electron chi connectivity index (χ4n) is 2.46. The Balaban J connectivity index is 2.26. The first-order chi connectivity index (χ1) is 12.5. The number of hydrogen-bond acceptors (Lipinski definition) is 5. The van der Waals surface area contributed by atoms with Gasteiger partial charge < -0.3 is 19.5 Å². The molecule has 1 N–H and O–H groups in total. The Hall–Kier alpha value is -3.22. The molecule has 2 amide bonds. The molecule has 2 aromatic carbocycles. The molecule has 7 heteroatoms. The van der Waals surface area contributed by atoms with E-state index in [0.717, 1.165) is 0 Å². The Morgan fingerprint density at radius 1 is 0.962 bits per heavy atom. The number of nitrogens with one attached hydrogen (secondary N) is 1. The quantitative estimate of drug-likeness (QED) is 0.823. The molecule has 0 aromatic heterocycles. The van der Waals surface area contributed by atoms with E-state index in [1.807, 2.05) is 0 Å². The molecule has 26 heavy (non-hydrogen) atoms. The molecule has 0 heterocycles. The first-order valence-corrected chi connectivity index (χ1v) is 7.93. The lowest BCUT2D eigenvalue weighted by Gasteiger charge is -2.23. The van der Waals surface area contributed by atoms with E-state index in [0.29, 0.717) is 28.6 Å². The highest BCUT2D eigenvalue weighted by Gasteiger charge is 2.21. The van der Waals surface area contributed by atoms with Gasteiger partial charge in [-0.05, 0) is 24.3 Å². The molecule has 0 atom stereocenters. The first kappa shape index (κ1) is 19.1. The summed E-state index contributed by atoms with van der Waals surface area (Å²) in [6, 6.07) is 12.1. The van der Waals surface area contributed by atoms with Crippen LogP contribution >= 0.6 is 0 Å². The van der Waals surface area contributed by atoms with Gasteiger partial charge in [-0.3, -0.25) is 14.5 Å². The number of benzene rings is 2. The van der Waals surface area contributed by atoms with Gasteiger partial charge in [0.05, 0.1) is 32.7 Å². The summed E-state index contributed by atoms with van der Waals surface area (Å²) in [5.41, 5.74) is 0.982. The molecule has 7 nitrogen and oxygen atoms in total. The number of rotatable bonds is 7. The fourth-order valence-corrected chi connectivity index (χ4v) is 2.46. The Morgan fingerprint density at radius 3 is 2.27 bits per heavy atom. The molecule has 2 rings (SSSR count). The standard InChI is InChI=1S/C19H22N2O5/c1-13(22)21(16-11-14(24-2)9-10-18(16)26-4)12-19(23)20-15-7-5-6-8-17(15)25-3/h5-11H,12H2,1-4H3,(H,20,23). The van der Waals surface area contributed by atoms with E-state index >= 15 is 0 Å². The monoisotopic (exact) mass is 358 g/mol. The lowest BCUT2D eigenvalue weighted by Crippen LogP contribution is -2.37. The van der Waals surface area contributed by atoms with Crippen molar-refractivity contribution in [2.24, 2.45) is 0 Å². The number of anilines is 2. The zero-order valence-electron chi connectivity index (χ0n) is 15.2. The molecule has 0 aliphatic heterocycles. The lowest BCUT2D eigenvalue weighted by molar-refractivity contribution is -0.120. The summed E-state index contributed by atoms with van der Waals surface area (Å²) in [4.78, 5) is 26.0. The highest BCUT2D eigenvalue weighted by molar-refractivity contribution is 6.03. The van der Waals surface area contributed by atoms with Gasteiger partial charge in [-0.25, -0.2) is 0 Å². The van der Waals surface area contributed by atoms with Crippen LogP contribution in [0.2, 0.25) is 0 Å². The van der Waals surface area contributed by atoms with E-state index in [2.05, 4.69) is 5.32 Å². The third-order valence-corrected chi connectivity index (χ3v) is 3.74. The molecule has 0 saturated heterocycles. The first-order valence-electron chi connectivity index (χ1n) is 7.93. The molecule has 0 aliphatic carbocycles. The van der Waals surface area contributed by atoms with Crippen molar-refractivity contribution in [3.63, 3.8) is 0 Å². The molecule has 0 saturated carbocycles. The minimum atomic E-state index is -0.366. The third kappa shape index (κ3) is 4.44. The summed E-state index contributed by atoms with van der Waals surface area (Å²) >= 11 is 0. The number of para-hydroxylation sites is 2. The van der Waals surface area contributed by atoms with Gasteiger partial charge in [0, 0.05) is 13.0 Å². The number of carbonyl (C=O) groups is 2. The highest BCUT2D eigenvalue weighted by Crippen LogP contribution is 2.32. The molecule has 0 spiro atoms. The summed E-state index contributed by atoms with van der Waals surface area (Å²) in [6.45, 7) is 1.20. The van der Waals surface area contributed by atoms with Gasteiger partial charge in [-0.2, -0.15) is 0 Å². The summed E-state index contributed by atoms with van der Waals surface area (Å²) in [7, 11) is 4.55. The summed E-state index contributed by atoms with van der Waals surface area (Å²) in [5.74, 6) is 0.888. The van der Waals surface area contributed by atoms with Crippen LogP contribution in [0.5, 0.6) is 17.2 Å².